The van der Waals surface area contributed by atoms with Gasteiger partial charge in [-0.2, -0.15) is 0 Å². The normalized spacial score (nSPS) is 11.4. The van der Waals surface area contributed by atoms with E-state index in [0.29, 0.717) is 17.5 Å². The van der Waals surface area contributed by atoms with E-state index in [9.17, 15) is 0 Å². The second kappa shape index (κ2) is 15.7. The van der Waals surface area contributed by atoms with E-state index in [0.717, 1.165) is 44.5 Å². The first-order chi connectivity index (χ1) is 31.7. The molecule has 0 fully saturated rings. The number of rotatable bonds is 7. The van der Waals surface area contributed by atoms with E-state index in [2.05, 4.69) is 212 Å². The van der Waals surface area contributed by atoms with Gasteiger partial charge in [-0.05, 0) is 106 Å². The third-order valence-corrected chi connectivity index (χ3v) is 12.5. The van der Waals surface area contributed by atoms with Crippen LogP contribution in [0.2, 0.25) is 0 Å². The van der Waals surface area contributed by atoms with E-state index >= 15 is 0 Å². The summed E-state index contributed by atoms with van der Waals surface area (Å²) >= 11 is 0. The van der Waals surface area contributed by atoms with Gasteiger partial charge in [0, 0.05) is 16.7 Å². The lowest BCUT2D eigenvalue weighted by atomic mass is 9.88. The zero-order chi connectivity index (χ0) is 42.4. The summed E-state index contributed by atoms with van der Waals surface area (Å²) in [6, 6.07) is 84.4. The molecule has 0 bridgehead atoms. The summed E-state index contributed by atoms with van der Waals surface area (Å²) in [7, 11) is 0. The van der Waals surface area contributed by atoms with Crippen LogP contribution in [0.25, 0.3) is 122 Å². The van der Waals surface area contributed by atoms with Crippen molar-refractivity contribution in [3.63, 3.8) is 0 Å². The van der Waals surface area contributed by atoms with Crippen molar-refractivity contribution in [2.75, 3.05) is 0 Å². The maximum Gasteiger partial charge on any atom is 0.164 e. The first kappa shape index (κ1) is 37.2. The Balaban J connectivity index is 0.960. The molecule has 0 atom stereocenters. The first-order valence-electron chi connectivity index (χ1n) is 21.8. The molecule has 0 N–H and O–H groups in total. The zero-order valence-electron chi connectivity index (χ0n) is 34.9. The summed E-state index contributed by atoms with van der Waals surface area (Å²) < 4.78 is 0. The fourth-order valence-corrected chi connectivity index (χ4v) is 9.38. The summed E-state index contributed by atoms with van der Waals surface area (Å²) in [5.74, 6) is 1.89. The molecule has 12 rings (SSSR count). The average Bonchev–Trinajstić information content (AvgIpc) is 3.39. The van der Waals surface area contributed by atoms with Gasteiger partial charge in [-0.3, -0.25) is 0 Å². The van der Waals surface area contributed by atoms with Gasteiger partial charge in [0.15, 0.2) is 17.5 Å². The smallest absolute Gasteiger partial charge is 0.164 e. The van der Waals surface area contributed by atoms with Crippen LogP contribution in [-0.4, -0.2) is 15.0 Å². The predicted molar refractivity (Wildman–Crippen MR) is 268 cm³/mol. The van der Waals surface area contributed by atoms with E-state index in [1.807, 2.05) is 24.3 Å². The molecule has 298 valence electrons. The number of hydrogen-bond acceptors (Lipinski definition) is 3. The minimum Gasteiger partial charge on any atom is -0.208 e. The molecular formula is C61H39N3. The number of nitrogens with zero attached hydrogens (tertiary/aromatic N) is 3. The Morgan fingerprint density at radius 1 is 0.203 bits per heavy atom. The molecule has 0 aliphatic heterocycles. The van der Waals surface area contributed by atoms with Gasteiger partial charge in [0.25, 0.3) is 0 Å². The van der Waals surface area contributed by atoms with Crippen LogP contribution in [0.15, 0.2) is 237 Å². The van der Waals surface area contributed by atoms with Gasteiger partial charge in [-0.1, -0.05) is 218 Å². The van der Waals surface area contributed by atoms with Gasteiger partial charge in [0.1, 0.15) is 0 Å². The van der Waals surface area contributed by atoms with Crippen LogP contribution in [0.4, 0.5) is 0 Å². The van der Waals surface area contributed by atoms with Crippen molar-refractivity contribution < 1.29 is 0 Å². The SMILES string of the molecule is c1ccc(-c2cccc(-c3nc(-c4ccccc4)nc(-c4cccc(-c5ccc6ccccc6c5-c5ccc(-c6ccc7c8ccccc8c8ccccc8c7c6)cc5)c4)n3)c2)cc1. The predicted octanol–water partition coefficient (Wildman–Crippen LogP) is 16.2. The summed E-state index contributed by atoms with van der Waals surface area (Å²) in [6.45, 7) is 0. The molecule has 0 radical (unpaired) electrons. The van der Waals surface area contributed by atoms with Gasteiger partial charge < -0.3 is 0 Å². The molecule has 0 saturated carbocycles. The molecule has 12 aromatic rings. The summed E-state index contributed by atoms with van der Waals surface area (Å²) in [5, 5.41) is 10.1. The second-order valence-electron chi connectivity index (χ2n) is 16.3. The fraction of sp³-hybridized carbons (Fsp3) is 0. The summed E-state index contributed by atoms with van der Waals surface area (Å²) in [6.07, 6.45) is 0. The van der Waals surface area contributed by atoms with Gasteiger partial charge >= 0.3 is 0 Å². The molecule has 0 spiro atoms. The van der Waals surface area contributed by atoms with Crippen molar-refractivity contribution in [2.45, 2.75) is 0 Å². The molecule has 0 saturated heterocycles. The quantitative estimate of drug-likeness (QED) is 0.150. The third-order valence-electron chi connectivity index (χ3n) is 12.5. The molecule has 1 aromatic heterocycles. The van der Waals surface area contributed by atoms with E-state index in [1.54, 1.807) is 0 Å². The topological polar surface area (TPSA) is 38.7 Å². The Labute approximate surface area is 371 Å². The lowest BCUT2D eigenvalue weighted by Gasteiger charge is -2.16. The van der Waals surface area contributed by atoms with Crippen LogP contribution >= 0.6 is 0 Å². The molecule has 0 aliphatic carbocycles. The Morgan fingerprint density at radius 2 is 0.609 bits per heavy atom. The van der Waals surface area contributed by atoms with Gasteiger partial charge in [0.2, 0.25) is 0 Å². The highest BCUT2D eigenvalue weighted by Gasteiger charge is 2.17. The van der Waals surface area contributed by atoms with Crippen LogP contribution in [0.3, 0.4) is 0 Å². The number of hydrogen-bond donors (Lipinski definition) is 0. The molecule has 1 heterocycles. The molecule has 64 heavy (non-hydrogen) atoms. The highest BCUT2D eigenvalue weighted by atomic mass is 15.0. The van der Waals surface area contributed by atoms with E-state index in [-0.39, 0.29) is 0 Å². The van der Waals surface area contributed by atoms with Crippen molar-refractivity contribution in [2.24, 2.45) is 0 Å². The molecule has 0 aliphatic rings. The number of fused-ring (bicyclic) bond motifs is 7. The Morgan fingerprint density at radius 3 is 1.25 bits per heavy atom. The van der Waals surface area contributed by atoms with Gasteiger partial charge in [0.05, 0.1) is 0 Å². The highest BCUT2D eigenvalue weighted by molar-refractivity contribution is 6.25. The standard InChI is InChI=1S/C61H39N3/c1-3-15-40(16-4-1)45-20-13-22-48(37-45)60-62-59(44-18-5-2-6-19-44)63-61(64-60)49-23-14-21-47(38-49)51-35-33-42-17-7-8-24-50(42)58(51)43-31-29-41(30-32-43)46-34-36-56-54-27-10-9-25-52(54)53-26-11-12-28-55(53)57(56)39-46/h1-39H. The molecular weight excluding hydrogens is 775 g/mol. The molecule has 3 heteroatoms. The molecule has 11 aromatic carbocycles. The van der Waals surface area contributed by atoms with E-state index in [1.165, 1.54) is 59.8 Å². The largest absolute Gasteiger partial charge is 0.208 e. The summed E-state index contributed by atoms with van der Waals surface area (Å²) in [4.78, 5) is 15.3. The zero-order valence-corrected chi connectivity index (χ0v) is 34.9. The second-order valence-corrected chi connectivity index (χ2v) is 16.3. The van der Waals surface area contributed by atoms with Gasteiger partial charge in [-0.25, -0.2) is 15.0 Å². The Bertz CT molecular complexity index is 3670. The van der Waals surface area contributed by atoms with Crippen molar-refractivity contribution in [3.8, 4) is 78.7 Å². The van der Waals surface area contributed by atoms with Crippen LogP contribution < -0.4 is 0 Å². The van der Waals surface area contributed by atoms with E-state index < -0.39 is 0 Å². The maximum atomic E-state index is 5.17. The number of aromatic nitrogens is 3. The summed E-state index contributed by atoms with van der Waals surface area (Å²) in [5.41, 5.74) is 12.0. The third kappa shape index (κ3) is 6.68. The van der Waals surface area contributed by atoms with Crippen LogP contribution in [0.5, 0.6) is 0 Å². The Kier molecular flexibility index (Phi) is 9.16. The highest BCUT2D eigenvalue weighted by Crippen LogP contribution is 2.41. The van der Waals surface area contributed by atoms with Crippen LogP contribution in [-0.2, 0) is 0 Å². The molecule has 0 unspecified atom stereocenters. The minimum absolute atomic E-state index is 0.624. The lowest BCUT2D eigenvalue weighted by Crippen LogP contribution is -2.00. The van der Waals surface area contributed by atoms with Crippen LogP contribution in [0.1, 0.15) is 0 Å². The monoisotopic (exact) mass is 813 g/mol. The first-order valence-corrected chi connectivity index (χ1v) is 21.8. The van der Waals surface area contributed by atoms with Gasteiger partial charge in [-0.15, -0.1) is 0 Å². The minimum atomic E-state index is 0.624. The fourth-order valence-electron chi connectivity index (χ4n) is 9.38. The maximum absolute atomic E-state index is 5.17. The van der Waals surface area contributed by atoms with Crippen molar-refractivity contribution in [3.05, 3.63) is 237 Å². The average molecular weight is 814 g/mol. The van der Waals surface area contributed by atoms with Crippen molar-refractivity contribution in [1.29, 1.82) is 0 Å². The Hall–Kier alpha value is -8.53. The molecule has 3 nitrogen and oxygen atoms in total. The van der Waals surface area contributed by atoms with Crippen LogP contribution in [0, 0.1) is 0 Å². The lowest BCUT2D eigenvalue weighted by molar-refractivity contribution is 1.07. The number of benzene rings is 11. The van der Waals surface area contributed by atoms with Crippen molar-refractivity contribution >= 4 is 43.1 Å². The molecule has 0 amide bonds. The van der Waals surface area contributed by atoms with Crippen molar-refractivity contribution in [1.82, 2.24) is 15.0 Å². The van der Waals surface area contributed by atoms with E-state index in [4.69, 9.17) is 15.0 Å².